The van der Waals surface area contributed by atoms with Crippen molar-refractivity contribution in [2.75, 3.05) is 7.11 Å². The molecule has 3 rings (SSSR count). The number of rotatable bonds is 7. The second kappa shape index (κ2) is 13.0. The Hall–Kier alpha value is -4.85. The summed E-state index contributed by atoms with van der Waals surface area (Å²) in [6.45, 7) is 4.83. The van der Waals surface area contributed by atoms with Gasteiger partial charge in [0.15, 0.2) is 6.29 Å². The van der Waals surface area contributed by atoms with Gasteiger partial charge in [-0.25, -0.2) is 9.59 Å². The zero-order valence-electron chi connectivity index (χ0n) is 19.3. The number of aromatic hydroxyl groups is 1. The van der Waals surface area contributed by atoms with Crippen LogP contribution in [-0.4, -0.2) is 30.4 Å². The molecule has 3 aromatic rings. The lowest BCUT2D eigenvalue weighted by molar-refractivity contribution is -0.128. The van der Waals surface area contributed by atoms with Gasteiger partial charge in [0.25, 0.3) is 0 Å². The minimum absolute atomic E-state index is 0.0741. The fourth-order valence-electron chi connectivity index (χ4n) is 2.59. The first kappa shape index (κ1) is 26.4. The second-order valence-corrected chi connectivity index (χ2v) is 7.08. The van der Waals surface area contributed by atoms with Crippen LogP contribution in [0, 0.1) is 6.92 Å². The Kier molecular flexibility index (Phi) is 9.81. The monoisotopic (exact) mass is 475 g/mol. The molecule has 0 spiro atoms. The first-order valence-corrected chi connectivity index (χ1v) is 10.3. The van der Waals surface area contributed by atoms with E-state index in [9.17, 15) is 19.5 Å². The molecule has 3 N–H and O–H groups in total. The summed E-state index contributed by atoms with van der Waals surface area (Å²) in [5.41, 5.74) is 6.59. The van der Waals surface area contributed by atoms with Crippen molar-refractivity contribution in [2.24, 2.45) is 5.73 Å². The third kappa shape index (κ3) is 8.89. The number of methoxy groups -OCH3 is 1. The van der Waals surface area contributed by atoms with Crippen molar-refractivity contribution in [1.29, 1.82) is 0 Å². The van der Waals surface area contributed by atoms with E-state index in [1.165, 1.54) is 18.2 Å². The van der Waals surface area contributed by atoms with Crippen molar-refractivity contribution in [2.45, 2.75) is 6.92 Å². The van der Waals surface area contributed by atoms with Gasteiger partial charge in [-0.1, -0.05) is 18.7 Å². The molecule has 3 aromatic carbocycles. The highest BCUT2D eigenvalue weighted by molar-refractivity contribution is 5.91. The molecule has 0 aliphatic rings. The number of aldehydes is 1. The van der Waals surface area contributed by atoms with E-state index in [2.05, 4.69) is 6.58 Å². The number of phenols is 1. The smallest absolute Gasteiger partial charge is 0.343 e. The summed E-state index contributed by atoms with van der Waals surface area (Å²) in [6, 6.07) is 17.7. The number of allylic oxidation sites excluding steroid dienone is 1. The maximum absolute atomic E-state index is 12.3. The number of hydrogen-bond donors (Lipinski definition) is 2. The van der Waals surface area contributed by atoms with Gasteiger partial charge >= 0.3 is 11.9 Å². The molecule has 0 unspecified atom stereocenters. The topological polar surface area (TPSA) is 125 Å². The average molecular weight is 475 g/mol. The van der Waals surface area contributed by atoms with Gasteiger partial charge in [0, 0.05) is 6.08 Å². The zero-order chi connectivity index (χ0) is 25.8. The standard InChI is InChI=1S/C24H20O6.C3H5NO/c1-16-15-21(29-23(26)14-5-17-3-8-19(25)9-4-17)12-13-22(16)30-24(27)18-6-10-20(28-2)11-7-18;1-3(4)2-5/h3-15,25H,1-2H3;2H,1,4H2/b14-5+;. The van der Waals surface area contributed by atoms with Crippen LogP contribution in [0.15, 0.2) is 85.1 Å². The van der Waals surface area contributed by atoms with Crippen LogP contribution in [-0.2, 0) is 9.59 Å². The maximum Gasteiger partial charge on any atom is 0.343 e. The van der Waals surface area contributed by atoms with Crippen LogP contribution in [0.1, 0.15) is 21.5 Å². The van der Waals surface area contributed by atoms with E-state index in [1.807, 2.05) is 0 Å². The predicted octanol–water partition coefficient (Wildman–Crippen LogP) is 4.20. The molecular formula is C27H25NO7. The van der Waals surface area contributed by atoms with Crippen molar-refractivity contribution in [3.05, 3.63) is 102 Å². The fraction of sp³-hybridized carbons (Fsp3) is 0.0741. The lowest BCUT2D eigenvalue weighted by Gasteiger charge is -2.09. The van der Waals surface area contributed by atoms with Gasteiger partial charge in [-0.05, 0) is 78.7 Å². The molecule has 0 heterocycles. The molecule has 0 fully saturated rings. The fourth-order valence-corrected chi connectivity index (χ4v) is 2.59. The number of esters is 2. The molecule has 0 atom stereocenters. The number of hydrogen-bond acceptors (Lipinski definition) is 8. The lowest BCUT2D eigenvalue weighted by Crippen LogP contribution is -2.09. The van der Waals surface area contributed by atoms with Crippen LogP contribution in [0.3, 0.4) is 0 Å². The molecule has 0 amide bonds. The maximum atomic E-state index is 12.3. The Balaban J connectivity index is 0.000000784. The van der Waals surface area contributed by atoms with Crippen LogP contribution in [0.4, 0.5) is 0 Å². The van der Waals surface area contributed by atoms with Crippen molar-refractivity contribution >= 4 is 24.3 Å². The molecule has 180 valence electrons. The van der Waals surface area contributed by atoms with E-state index in [0.717, 1.165) is 5.56 Å². The summed E-state index contributed by atoms with van der Waals surface area (Å²) in [5, 5.41) is 9.27. The highest BCUT2D eigenvalue weighted by Gasteiger charge is 2.12. The number of phenolic OH excluding ortho intramolecular Hbond substituents is 1. The van der Waals surface area contributed by atoms with E-state index in [-0.39, 0.29) is 11.4 Å². The van der Waals surface area contributed by atoms with Gasteiger partial charge in [0.05, 0.1) is 18.4 Å². The summed E-state index contributed by atoms with van der Waals surface area (Å²) >= 11 is 0. The van der Waals surface area contributed by atoms with Crippen LogP contribution >= 0.6 is 0 Å². The second-order valence-electron chi connectivity index (χ2n) is 7.08. The first-order valence-electron chi connectivity index (χ1n) is 10.3. The Morgan fingerprint density at radius 1 is 0.943 bits per heavy atom. The molecule has 0 saturated heterocycles. The molecule has 35 heavy (non-hydrogen) atoms. The Bertz CT molecular complexity index is 1210. The number of ether oxygens (including phenoxy) is 3. The van der Waals surface area contributed by atoms with Gasteiger partial charge in [-0.2, -0.15) is 0 Å². The minimum Gasteiger partial charge on any atom is -0.508 e. The highest BCUT2D eigenvalue weighted by atomic mass is 16.5. The SMILES string of the molecule is C=C(N)C=O.COc1ccc(C(=O)Oc2ccc(OC(=O)/C=C/c3ccc(O)cc3)cc2C)cc1. The molecular weight excluding hydrogens is 450 g/mol. The Morgan fingerprint density at radius 3 is 2.09 bits per heavy atom. The van der Waals surface area contributed by atoms with Gasteiger partial charge < -0.3 is 25.1 Å². The van der Waals surface area contributed by atoms with Crippen molar-refractivity contribution in [1.82, 2.24) is 0 Å². The van der Waals surface area contributed by atoms with Crippen molar-refractivity contribution < 1.29 is 33.7 Å². The lowest BCUT2D eigenvalue weighted by atomic mass is 10.2. The Morgan fingerprint density at radius 2 is 1.54 bits per heavy atom. The normalized spacial score (nSPS) is 10.0. The quantitative estimate of drug-likeness (QED) is 0.225. The van der Waals surface area contributed by atoms with Gasteiger partial charge in [0.2, 0.25) is 0 Å². The van der Waals surface area contributed by atoms with Crippen molar-refractivity contribution in [3.63, 3.8) is 0 Å². The Labute approximate surface area is 202 Å². The zero-order valence-corrected chi connectivity index (χ0v) is 19.3. The molecule has 0 aliphatic heterocycles. The molecule has 0 radical (unpaired) electrons. The highest BCUT2D eigenvalue weighted by Crippen LogP contribution is 2.25. The van der Waals surface area contributed by atoms with E-state index >= 15 is 0 Å². The van der Waals surface area contributed by atoms with Crippen LogP contribution in [0.5, 0.6) is 23.0 Å². The largest absolute Gasteiger partial charge is 0.508 e. The molecule has 0 aromatic heterocycles. The van der Waals surface area contributed by atoms with E-state index in [1.54, 1.807) is 74.7 Å². The number of benzene rings is 3. The molecule has 8 nitrogen and oxygen atoms in total. The first-order chi connectivity index (χ1) is 16.7. The van der Waals surface area contributed by atoms with Crippen LogP contribution in [0.2, 0.25) is 0 Å². The summed E-state index contributed by atoms with van der Waals surface area (Å²) in [7, 11) is 1.55. The van der Waals surface area contributed by atoms with Gasteiger partial charge in [0.1, 0.15) is 23.0 Å². The van der Waals surface area contributed by atoms with E-state index in [0.29, 0.717) is 34.7 Å². The van der Waals surface area contributed by atoms with E-state index in [4.69, 9.17) is 19.9 Å². The summed E-state index contributed by atoms with van der Waals surface area (Å²) in [6.07, 6.45) is 3.37. The molecule has 0 aliphatic carbocycles. The number of carbonyl (C=O) groups excluding carboxylic acids is 3. The predicted molar refractivity (Wildman–Crippen MR) is 131 cm³/mol. The molecule has 0 saturated carbocycles. The number of carbonyl (C=O) groups is 3. The number of nitrogens with two attached hydrogens (primary N) is 1. The molecule has 0 bridgehead atoms. The van der Waals surface area contributed by atoms with Gasteiger partial charge in [-0.15, -0.1) is 0 Å². The average Bonchev–Trinajstić information content (AvgIpc) is 2.85. The summed E-state index contributed by atoms with van der Waals surface area (Å²) in [4.78, 5) is 33.6. The molecule has 8 heteroatoms. The third-order valence-corrected chi connectivity index (χ3v) is 4.35. The van der Waals surface area contributed by atoms with Crippen LogP contribution in [0.25, 0.3) is 6.08 Å². The van der Waals surface area contributed by atoms with Crippen LogP contribution < -0.4 is 19.9 Å². The van der Waals surface area contributed by atoms with Gasteiger partial charge in [-0.3, -0.25) is 4.79 Å². The summed E-state index contributed by atoms with van der Waals surface area (Å²) in [5.74, 6) is 0.450. The minimum atomic E-state index is -0.551. The number of aryl methyl sites for hydroxylation is 1. The summed E-state index contributed by atoms with van der Waals surface area (Å²) < 4.78 is 15.8. The van der Waals surface area contributed by atoms with E-state index < -0.39 is 11.9 Å². The third-order valence-electron chi connectivity index (χ3n) is 4.35. The van der Waals surface area contributed by atoms with Crippen molar-refractivity contribution in [3.8, 4) is 23.0 Å².